The molecule has 120 valence electrons. The lowest BCUT2D eigenvalue weighted by Crippen LogP contribution is -2.34. The van der Waals surface area contributed by atoms with Crippen LogP contribution in [0.1, 0.15) is 12.0 Å². The van der Waals surface area contributed by atoms with E-state index < -0.39 is 6.10 Å². The van der Waals surface area contributed by atoms with Crippen LogP contribution in [-0.2, 0) is 6.54 Å². The molecule has 0 saturated heterocycles. The van der Waals surface area contributed by atoms with Gasteiger partial charge in [0.1, 0.15) is 18.5 Å². The van der Waals surface area contributed by atoms with Gasteiger partial charge in [-0.05, 0) is 58.3 Å². The van der Waals surface area contributed by atoms with E-state index in [9.17, 15) is 5.11 Å². The molecule has 0 amide bonds. The minimum absolute atomic E-state index is 0.306. The standard InChI is InChI=1S/C16H29N3O2/c1-18(2)9-4-10-19(3)12-15(20)13-21-16-7-5-14(11-17)6-8-16/h5-8,15,20H,4,9-13,17H2,1-3H3. The number of nitrogens with two attached hydrogens (primary N) is 1. The summed E-state index contributed by atoms with van der Waals surface area (Å²) in [6.45, 7) is 3.49. The van der Waals surface area contributed by atoms with Crippen molar-refractivity contribution in [2.24, 2.45) is 5.73 Å². The number of rotatable bonds is 10. The van der Waals surface area contributed by atoms with E-state index in [2.05, 4.69) is 23.9 Å². The smallest absolute Gasteiger partial charge is 0.119 e. The van der Waals surface area contributed by atoms with E-state index in [1.807, 2.05) is 31.3 Å². The number of benzene rings is 1. The molecule has 0 aliphatic rings. The fraction of sp³-hybridized carbons (Fsp3) is 0.625. The Morgan fingerprint density at radius 1 is 1.14 bits per heavy atom. The van der Waals surface area contributed by atoms with Gasteiger partial charge in [0.25, 0.3) is 0 Å². The van der Waals surface area contributed by atoms with Gasteiger partial charge in [0, 0.05) is 13.1 Å². The van der Waals surface area contributed by atoms with Crippen LogP contribution in [0.25, 0.3) is 0 Å². The van der Waals surface area contributed by atoms with Gasteiger partial charge in [0.05, 0.1) is 0 Å². The van der Waals surface area contributed by atoms with Crippen molar-refractivity contribution in [2.75, 3.05) is 47.4 Å². The highest BCUT2D eigenvalue weighted by atomic mass is 16.5. The molecule has 1 unspecified atom stereocenters. The molecule has 0 radical (unpaired) electrons. The molecular weight excluding hydrogens is 266 g/mol. The van der Waals surface area contributed by atoms with Crippen molar-refractivity contribution in [1.82, 2.24) is 9.80 Å². The molecule has 0 bridgehead atoms. The molecule has 3 N–H and O–H groups in total. The topological polar surface area (TPSA) is 62.0 Å². The summed E-state index contributed by atoms with van der Waals surface area (Å²) in [5, 5.41) is 9.99. The number of aliphatic hydroxyl groups is 1. The first-order valence-corrected chi connectivity index (χ1v) is 7.44. The van der Waals surface area contributed by atoms with Crippen molar-refractivity contribution < 1.29 is 9.84 Å². The molecule has 0 heterocycles. The van der Waals surface area contributed by atoms with Gasteiger partial charge in [-0.15, -0.1) is 0 Å². The summed E-state index contributed by atoms with van der Waals surface area (Å²) >= 11 is 0. The van der Waals surface area contributed by atoms with Crippen molar-refractivity contribution in [3.8, 4) is 5.75 Å². The zero-order chi connectivity index (χ0) is 15.7. The number of hydrogen-bond acceptors (Lipinski definition) is 5. The number of nitrogens with zero attached hydrogens (tertiary/aromatic N) is 2. The molecule has 1 aromatic rings. The zero-order valence-electron chi connectivity index (χ0n) is 13.5. The van der Waals surface area contributed by atoms with Crippen LogP contribution >= 0.6 is 0 Å². The van der Waals surface area contributed by atoms with E-state index >= 15 is 0 Å². The van der Waals surface area contributed by atoms with E-state index in [-0.39, 0.29) is 0 Å². The first-order chi connectivity index (χ1) is 10.0. The van der Waals surface area contributed by atoms with Crippen LogP contribution in [0.5, 0.6) is 5.75 Å². The van der Waals surface area contributed by atoms with Crippen molar-refractivity contribution in [3.05, 3.63) is 29.8 Å². The van der Waals surface area contributed by atoms with Gasteiger partial charge in [0.2, 0.25) is 0 Å². The molecule has 0 spiro atoms. The van der Waals surface area contributed by atoms with Crippen LogP contribution in [0, 0.1) is 0 Å². The third-order valence-electron chi connectivity index (χ3n) is 3.27. The van der Waals surface area contributed by atoms with Gasteiger partial charge >= 0.3 is 0 Å². The van der Waals surface area contributed by atoms with Crippen LogP contribution in [0.2, 0.25) is 0 Å². The molecule has 0 aromatic heterocycles. The average Bonchev–Trinajstić information content (AvgIpc) is 2.45. The lowest BCUT2D eigenvalue weighted by Gasteiger charge is -2.21. The molecule has 1 aromatic carbocycles. The first kappa shape index (κ1) is 17.9. The van der Waals surface area contributed by atoms with Crippen LogP contribution in [-0.4, -0.2) is 68.4 Å². The predicted molar refractivity (Wildman–Crippen MR) is 86.5 cm³/mol. The van der Waals surface area contributed by atoms with E-state index in [1.165, 1.54) is 0 Å². The van der Waals surface area contributed by atoms with E-state index in [0.717, 1.165) is 30.8 Å². The third-order valence-corrected chi connectivity index (χ3v) is 3.27. The van der Waals surface area contributed by atoms with E-state index in [4.69, 9.17) is 10.5 Å². The Balaban J connectivity index is 2.21. The van der Waals surface area contributed by atoms with Crippen LogP contribution in [0.4, 0.5) is 0 Å². The fourth-order valence-electron chi connectivity index (χ4n) is 2.07. The van der Waals surface area contributed by atoms with Crippen molar-refractivity contribution >= 4 is 0 Å². The Morgan fingerprint density at radius 2 is 1.81 bits per heavy atom. The molecule has 0 saturated carbocycles. The highest BCUT2D eigenvalue weighted by molar-refractivity contribution is 5.27. The summed E-state index contributed by atoms with van der Waals surface area (Å²) in [5.41, 5.74) is 6.62. The highest BCUT2D eigenvalue weighted by Gasteiger charge is 2.09. The molecule has 5 heteroatoms. The second-order valence-corrected chi connectivity index (χ2v) is 5.73. The highest BCUT2D eigenvalue weighted by Crippen LogP contribution is 2.12. The predicted octanol–water partition coefficient (Wildman–Crippen LogP) is 0.769. The third kappa shape index (κ3) is 8.02. The summed E-state index contributed by atoms with van der Waals surface area (Å²) in [5.74, 6) is 0.765. The maximum atomic E-state index is 9.99. The molecule has 1 atom stereocenters. The summed E-state index contributed by atoms with van der Waals surface area (Å²) in [4.78, 5) is 4.30. The van der Waals surface area contributed by atoms with Crippen molar-refractivity contribution in [1.29, 1.82) is 0 Å². The van der Waals surface area contributed by atoms with Crippen LogP contribution in [0.15, 0.2) is 24.3 Å². The van der Waals surface area contributed by atoms with Crippen LogP contribution in [0.3, 0.4) is 0 Å². The van der Waals surface area contributed by atoms with Gasteiger partial charge in [-0.1, -0.05) is 12.1 Å². The normalized spacial score (nSPS) is 12.9. The molecule has 0 fully saturated rings. The maximum absolute atomic E-state index is 9.99. The molecule has 1 rings (SSSR count). The Labute approximate surface area is 128 Å². The first-order valence-electron chi connectivity index (χ1n) is 7.44. The molecular formula is C16H29N3O2. The second kappa shape index (κ2) is 9.73. The summed E-state index contributed by atoms with van der Waals surface area (Å²) in [6, 6.07) is 7.65. The number of ether oxygens (including phenoxy) is 1. The molecule has 21 heavy (non-hydrogen) atoms. The fourth-order valence-corrected chi connectivity index (χ4v) is 2.07. The minimum Gasteiger partial charge on any atom is -0.491 e. The maximum Gasteiger partial charge on any atom is 0.119 e. The van der Waals surface area contributed by atoms with Gasteiger partial charge < -0.3 is 25.4 Å². The minimum atomic E-state index is -0.483. The average molecular weight is 295 g/mol. The summed E-state index contributed by atoms with van der Waals surface area (Å²) in [6.07, 6.45) is 0.612. The quantitative estimate of drug-likeness (QED) is 0.667. The zero-order valence-corrected chi connectivity index (χ0v) is 13.5. The Kier molecular flexibility index (Phi) is 8.30. The van der Waals surface area contributed by atoms with E-state index in [0.29, 0.717) is 19.7 Å². The largest absolute Gasteiger partial charge is 0.491 e. The molecule has 0 aliphatic carbocycles. The Morgan fingerprint density at radius 3 is 2.38 bits per heavy atom. The van der Waals surface area contributed by atoms with Gasteiger partial charge in [-0.3, -0.25) is 0 Å². The molecule has 0 aliphatic heterocycles. The van der Waals surface area contributed by atoms with E-state index in [1.54, 1.807) is 0 Å². The lowest BCUT2D eigenvalue weighted by atomic mass is 10.2. The van der Waals surface area contributed by atoms with Gasteiger partial charge in [-0.25, -0.2) is 0 Å². The summed E-state index contributed by atoms with van der Waals surface area (Å²) < 4.78 is 5.59. The van der Waals surface area contributed by atoms with Crippen molar-refractivity contribution in [3.63, 3.8) is 0 Å². The summed E-state index contributed by atoms with van der Waals surface area (Å²) in [7, 11) is 6.16. The molecule has 5 nitrogen and oxygen atoms in total. The number of hydrogen-bond donors (Lipinski definition) is 2. The Hall–Kier alpha value is -1.14. The number of likely N-dealkylation sites (N-methyl/N-ethyl adjacent to an activating group) is 1. The van der Waals surface area contributed by atoms with Crippen molar-refractivity contribution in [2.45, 2.75) is 19.1 Å². The van der Waals surface area contributed by atoms with Gasteiger partial charge in [-0.2, -0.15) is 0 Å². The Bertz CT molecular complexity index is 382. The monoisotopic (exact) mass is 295 g/mol. The van der Waals surface area contributed by atoms with Crippen LogP contribution < -0.4 is 10.5 Å². The lowest BCUT2D eigenvalue weighted by molar-refractivity contribution is 0.0755. The number of aliphatic hydroxyl groups excluding tert-OH is 1. The van der Waals surface area contributed by atoms with Gasteiger partial charge in [0.15, 0.2) is 0 Å². The second-order valence-electron chi connectivity index (χ2n) is 5.73. The SMILES string of the molecule is CN(C)CCCN(C)CC(O)COc1ccc(CN)cc1.